The molecule has 0 saturated carbocycles. The van der Waals surface area contributed by atoms with Crippen molar-refractivity contribution in [1.29, 1.82) is 0 Å². The van der Waals surface area contributed by atoms with Gasteiger partial charge in [-0.3, -0.25) is 14.5 Å². The predicted molar refractivity (Wildman–Crippen MR) is 141 cm³/mol. The number of rotatable bonds is 12. The smallest absolute Gasteiger partial charge is 0.313 e. The fourth-order valence-electron chi connectivity index (χ4n) is 4.18. The topological polar surface area (TPSA) is 55.8 Å². The van der Waals surface area contributed by atoms with Crippen LogP contribution in [0.15, 0.2) is 48.5 Å². The molecule has 1 atom stereocenters. The average molecular weight is 482 g/mol. The maximum atomic E-state index is 12.5. The fraction of sp³-hybridized carbons (Fsp3) is 0.533. The van der Waals surface area contributed by atoms with Crippen LogP contribution in [0.25, 0.3) is 0 Å². The Morgan fingerprint density at radius 2 is 1.40 bits per heavy atom. The Balaban J connectivity index is 2.50. The van der Waals surface area contributed by atoms with Crippen LogP contribution in [0.5, 0.6) is 5.75 Å². The van der Waals surface area contributed by atoms with Gasteiger partial charge in [0, 0.05) is 23.6 Å². The molecule has 0 bridgehead atoms. The van der Waals surface area contributed by atoms with E-state index < -0.39 is 0 Å². The van der Waals surface area contributed by atoms with E-state index in [-0.39, 0.29) is 36.3 Å². The molecule has 0 heterocycles. The van der Waals surface area contributed by atoms with Gasteiger partial charge in [-0.1, -0.05) is 64.1 Å². The van der Waals surface area contributed by atoms with E-state index in [2.05, 4.69) is 44.7 Å². The molecule has 0 fully saturated rings. The molecule has 5 nitrogen and oxygen atoms in total. The van der Waals surface area contributed by atoms with Crippen LogP contribution in [0, 0.1) is 11.8 Å². The van der Waals surface area contributed by atoms with Crippen LogP contribution in [0.4, 0.5) is 0 Å². The van der Waals surface area contributed by atoms with Crippen LogP contribution in [0.2, 0.25) is 0 Å². The van der Waals surface area contributed by atoms with E-state index in [1.165, 1.54) is 0 Å². The highest BCUT2D eigenvalue weighted by Gasteiger charge is 2.24. The lowest BCUT2D eigenvalue weighted by molar-refractivity contribution is -0.148. The van der Waals surface area contributed by atoms with E-state index in [0.717, 1.165) is 29.7 Å². The number of hydrogen-bond donors (Lipinski definition) is 0. The van der Waals surface area contributed by atoms with Gasteiger partial charge in [-0.25, -0.2) is 0 Å². The van der Waals surface area contributed by atoms with Crippen molar-refractivity contribution in [3.8, 4) is 5.75 Å². The summed E-state index contributed by atoms with van der Waals surface area (Å²) in [5, 5.41) is 0. The Hall–Kier alpha value is -2.66. The molecular weight excluding hydrogens is 438 g/mol. The summed E-state index contributed by atoms with van der Waals surface area (Å²) in [6.45, 7) is 17.3. The van der Waals surface area contributed by atoms with Crippen LogP contribution in [0.3, 0.4) is 0 Å². The minimum Gasteiger partial charge on any atom is -0.461 e. The monoisotopic (exact) mass is 481 g/mol. The third-order valence-corrected chi connectivity index (χ3v) is 6.19. The van der Waals surface area contributed by atoms with Gasteiger partial charge in [0.05, 0.1) is 11.8 Å². The molecule has 0 radical (unpaired) electrons. The van der Waals surface area contributed by atoms with E-state index in [4.69, 9.17) is 9.47 Å². The number of nitrogens with zero attached hydrogens (tertiary/aromatic N) is 1. The zero-order chi connectivity index (χ0) is 26.1. The van der Waals surface area contributed by atoms with Crippen molar-refractivity contribution >= 4 is 11.9 Å². The van der Waals surface area contributed by atoms with Gasteiger partial charge < -0.3 is 9.47 Å². The van der Waals surface area contributed by atoms with Crippen LogP contribution < -0.4 is 4.74 Å². The lowest BCUT2D eigenvalue weighted by Crippen LogP contribution is -2.38. The van der Waals surface area contributed by atoms with Crippen molar-refractivity contribution in [3.63, 3.8) is 0 Å². The lowest BCUT2D eigenvalue weighted by Gasteiger charge is -2.32. The highest BCUT2D eigenvalue weighted by molar-refractivity contribution is 5.75. The van der Waals surface area contributed by atoms with Crippen LogP contribution in [-0.2, 0) is 20.9 Å². The molecule has 5 heteroatoms. The van der Waals surface area contributed by atoms with E-state index in [1.807, 2.05) is 64.1 Å². The van der Waals surface area contributed by atoms with Crippen LogP contribution in [-0.4, -0.2) is 35.5 Å². The summed E-state index contributed by atoms with van der Waals surface area (Å²) in [5.74, 6) is -0.323. The van der Waals surface area contributed by atoms with Crippen LogP contribution >= 0.6 is 0 Å². The van der Waals surface area contributed by atoms with Crippen LogP contribution in [0.1, 0.15) is 84.4 Å². The Kier molecular flexibility index (Phi) is 11.0. The maximum Gasteiger partial charge on any atom is 0.313 e. The number of ether oxygens (including phenoxy) is 2. The minimum absolute atomic E-state index is 0.0203. The van der Waals surface area contributed by atoms with E-state index in [0.29, 0.717) is 17.8 Å². The van der Waals surface area contributed by atoms with Gasteiger partial charge in [-0.15, -0.1) is 0 Å². The summed E-state index contributed by atoms with van der Waals surface area (Å²) in [4.78, 5) is 27.1. The molecule has 0 aliphatic heterocycles. The first-order valence-electron chi connectivity index (χ1n) is 12.8. The van der Waals surface area contributed by atoms with Crippen molar-refractivity contribution in [2.75, 3.05) is 6.54 Å². The van der Waals surface area contributed by atoms with Gasteiger partial charge in [-0.2, -0.15) is 0 Å². The third-order valence-electron chi connectivity index (χ3n) is 6.19. The number of carbonyl (C=O) groups is 2. The summed E-state index contributed by atoms with van der Waals surface area (Å²) >= 11 is 0. The molecule has 0 saturated heterocycles. The maximum absolute atomic E-state index is 12.5. The number of benzene rings is 2. The largest absolute Gasteiger partial charge is 0.461 e. The molecule has 0 N–H and O–H groups in total. The summed E-state index contributed by atoms with van der Waals surface area (Å²) in [6.07, 6.45) is 0.863. The van der Waals surface area contributed by atoms with E-state index >= 15 is 0 Å². The van der Waals surface area contributed by atoms with Crippen molar-refractivity contribution in [1.82, 2.24) is 4.90 Å². The Labute approximate surface area is 211 Å². The predicted octanol–water partition coefficient (Wildman–Crippen LogP) is 6.59. The van der Waals surface area contributed by atoms with Gasteiger partial charge >= 0.3 is 11.9 Å². The van der Waals surface area contributed by atoms with E-state index in [9.17, 15) is 9.59 Å². The first-order chi connectivity index (χ1) is 16.5. The molecule has 2 aromatic rings. The standard InChI is InChI=1S/C30H43NO4/c1-20(2)29(32)34-19-24-14-15-28(35-30(33)21(3)4)27(18-24)26(25-12-10-9-11-13-25)16-17-31(22(5)6)23(7)8/h9-15,18,20-23,26H,16-17,19H2,1-8H3. The quantitative estimate of drug-likeness (QED) is 0.253. The average Bonchev–Trinajstić information content (AvgIpc) is 2.81. The Morgan fingerprint density at radius 3 is 1.94 bits per heavy atom. The van der Waals surface area contributed by atoms with Gasteiger partial charge in [0.2, 0.25) is 0 Å². The van der Waals surface area contributed by atoms with Crippen molar-refractivity contribution in [2.24, 2.45) is 11.8 Å². The third kappa shape index (κ3) is 8.50. The molecule has 0 aromatic heterocycles. The fourth-order valence-corrected chi connectivity index (χ4v) is 4.18. The zero-order valence-electron chi connectivity index (χ0n) is 22.7. The molecule has 0 spiro atoms. The van der Waals surface area contributed by atoms with Gasteiger partial charge in [0.25, 0.3) is 0 Å². The summed E-state index contributed by atoms with van der Waals surface area (Å²) < 4.78 is 11.4. The number of hydrogen-bond acceptors (Lipinski definition) is 5. The molecule has 0 aliphatic rings. The van der Waals surface area contributed by atoms with Gasteiger partial charge in [-0.05, 0) is 63.9 Å². The second-order valence-corrected chi connectivity index (χ2v) is 10.4. The summed E-state index contributed by atoms with van der Waals surface area (Å²) in [5.41, 5.74) is 2.98. The summed E-state index contributed by atoms with van der Waals surface area (Å²) in [7, 11) is 0. The zero-order valence-corrected chi connectivity index (χ0v) is 22.7. The normalized spacial score (nSPS) is 12.6. The van der Waals surface area contributed by atoms with Gasteiger partial charge in [0.15, 0.2) is 0 Å². The molecular formula is C30H43NO4. The molecule has 0 aliphatic carbocycles. The van der Waals surface area contributed by atoms with E-state index in [1.54, 1.807) is 0 Å². The highest BCUT2D eigenvalue weighted by Crippen LogP contribution is 2.36. The molecule has 2 aromatic carbocycles. The number of esters is 2. The van der Waals surface area contributed by atoms with Crippen molar-refractivity contribution in [3.05, 3.63) is 65.2 Å². The minimum atomic E-state index is -0.261. The molecule has 1 unspecified atom stereocenters. The Morgan fingerprint density at radius 1 is 0.800 bits per heavy atom. The first kappa shape index (κ1) is 28.6. The second-order valence-electron chi connectivity index (χ2n) is 10.4. The van der Waals surface area contributed by atoms with Crippen molar-refractivity contribution in [2.45, 2.75) is 86.4 Å². The molecule has 35 heavy (non-hydrogen) atoms. The Bertz CT molecular complexity index is 942. The van der Waals surface area contributed by atoms with Gasteiger partial charge in [0.1, 0.15) is 12.4 Å². The second kappa shape index (κ2) is 13.4. The lowest BCUT2D eigenvalue weighted by atomic mass is 9.86. The summed E-state index contributed by atoms with van der Waals surface area (Å²) in [6, 6.07) is 16.9. The molecule has 2 rings (SSSR count). The SMILES string of the molecule is CC(C)C(=O)OCc1ccc(OC(=O)C(C)C)c(C(CCN(C(C)C)C(C)C)c2ccccc2)c1. The highest BCUT2D eigenvalue weighted by atomic mass is 16.5. The molecule has 192 valence electrons. The number of carbonyl (C=O) groups excluding carboxylic acids is 2. The van der Waals surface area contributed by atoms with Crippen molar-refractivity contribution < 1.29 is 19.1 Å². The first-order valence-corrected chi connectivity index (χ1v) is 12.8. The molecule has 0 amide bonds.